The first-order valence-electron chi connectivity index (χ1n) is 20.1. The van der Waals surface area contributed by atoms with Gasteiger partial charge in [0.05, 0.1) is 13.2 Å². The van der Waals surface area contributed by atoms with Crippen LogP contribution in [0.2, 0.25) is 0 Å². The van der Waals surface area contributed by atoms with E-state index in [9.17, 15) is 9.90 Å². The number of aliphatic hydroxyl groups is 1. The van der Waals surface area contributed by atoms with Gasteiger partial charge in [0, 0.05) is 13.0 Å². The molecule has 0 amide bonds. The molecule has 44 heavy (non-hydrogen) atoms. The van der Waals surface area contributed by atoms with E-state index in [2.05, 4.69) is 13.8 Å². The molecule has 4 nitrogen and oxygen atoms in total. The lowest BCUT2D eigenvalue weighted by Crippen LogP contribution is -2.27. The smallest absolute Gasteiger partial charge is 0.306 e. The van der Waals surface area contributed by atoms with Gasteiger partial charge in [-0.2, -0.15) is 0 Å². The van der Waals surface area contributed by atoms with Crippen LogP contribution in [0.25, 0.3) is 0 Å². The highest BCUT2D eigenvalue weighted by Gasteiger charge is 2.13. The molecule has 0 aliphatic carbocycles. The number of esters is 1. The minimum Gasteiger partial charge on any atom is -0.457 e. The van der Waals surface area contributed by atoms with Gasteiger partial charge >= 0.3 is 5.97 Å². The molecule has 0 aliphatic heterocycles. The van der Waals surface area contributed by atoms with Gasteiger partial charge in [-0.05, 0) is 12.8 Å². The van der Waals surface area contributed by atoms with Crippen molar-refractivity contribution in [2.75, 3.05) is 19.8 Å². The Balaban J connectivity index is 3.36. The summed E-state index contributed by atoms with van der Waals surface area (Å²) in [5, 5.41) is 9.57. The Labute approximate surface area is 276 Å². The Morgan fingerprint density at radius 1 is 0.455 bits per heavy atom. The largest absolute Gasteiger partial charge is 0.457 e. The normalized spacial score (nSPS) is 12.2. The summed E-state index contributed by atoms with van der Waals surface area (Å²) in [6, 6.07) is 0. The standard InChI is InChI=1S/C40H80O4/c1-3-5-7-9-11-13-15-17-18-19-20-21-22-23-25-27-29-31-33-35-40(42)44-39(37-41)38-43-36-34-32-30-28-26-24-16-14-12-10-8-6-4-2/h39,41H,3-38H2,1-2H3. The van der Waals surface area contributed by atoms with Crippen molar-refractivity contribution in [2.45, 2.75) is 232 Å². The molecule has 1 N–H and O–H groups in total. The minimum atomic E-state index is -0.523. The molecule has 0 aromatic rings. The molecule has 0 spiro atoms. The van der Waals surface area contributed by atoms with Gasteiger partial charge in [0.2, 0.25) is 0 Å². The molecule has 0 rings (SSSR count). The first kappa shape index (κ1) is 43.4. The van der Waals surface area contributed by atoms with Crippen LogP contribution in [0.4, 0.5) is 0 Å². The Hall–Kier alpha value is -0.610. The summed E-state index contributed by atoms with van der Waals surface area (Å²) in [6.45, 7) is 5.39. The quantitative estimate of drug-likeness (QED) is 0.0548. The monoisotopic (exact) mass is 625 g/mol. The molecule has 0 saturated carbocycles. The minimum absolute atomic E-state index is 0.163. The van der Waals surface area contributed by atoms with Gasteiger partial charge in [0.1, 0.15) is 6.10 Å². The van der Waals surface area contributed by atoms with Crippen LogP contribution < -0.4 is 0 Å². The fraction of sp³-hybridized carbons (Fsp3) is 0.975. The Bertz CT molecular complexity index is 537. The van der Waals surface area contributed by atoms with Crippen molar-refractivity contribution in [3.05, 3.63) is 0 Å². The van der Waals surface area contributed by atoms with Gasteiger partial charge in [-0.25, -0.2) is 0 Å². The molecule has 1 atom stereocenters. The van der Waals surface area contributed by atoms with E-state index in [0.717, 1.165) is 19.3 Å². The van der Waals surface area contributed by atoms with Crippen LogP contribution in [-0.4, -0.2) is 37.0 Å². The zero-order valence-electron chi connectivity index (χ0n) is 30.2. The number of carbonyl (C=O) groups is 1. The second-order valence-electron chi connectivity index (χ2n) is 13.7. The van der Waals surface area contributed by atoms with Crippen LogP contribution in [0, 0.1) is 0 Å². The third kappa shape index (κ3) is 35.9. The van der Waals surface area contributed by atoms with E-state index in [0.29, 0.717) is 19.6 Å². The van der Waals surface area contributed by atoms with Crippen LogP contribution in [0.15, 0.2) is 0 Å². The number of hydrogen-bond acceptors (Lipinski definition) is 4. The van der Waals surface area contributed by atoms with Crippen molar-refractivity contribution >= 4 is 5.97 Å². The summed E-state index contributed by atoms with van der Waals surface area (Å²) >= 11 is 0. The summed E-state index contributed by atoms with van der Waals surface area (Å²) in [6.07, 6.45) is 42.9. The van der Waals surface area contributed by atoms with Crippen molar-refractivity contribution in [1.29, 1.82) is 0 Å². The highest BCUT2D eigenvalue weighted by Crippen LogP contribution is 2.16. The van der Waals surface area contributed by atoms with Crippen molar-refractivity contribution in [1.82, 2.24) is 0 Å². The SMILES string of the molecule is CCCCCCCCCCCCCCCCCCCCCC(=O)OC(CO)COCCCCCCCCCCCCCCC. The lowest BCUT2D eigenvalue weighted by Gasteiger charge is -2.16. The summed E-state index contributed by atoms with van der Waals surface area (Å²) in [4.78, 5) is 12.2. The number of carbonyl (C=O) groups excluding carboxylic acids is 1. The molecular formula is C40H80O4. The van der Waals surface area contributed by atoms with Crippen LogP contribution in [-0.2, 0) is 14.3 Å². The average Bonchev–Trinajstić information content (AvgIpc) is 3.03. The average molecular weight is 625 g/mol. The number of ether oxygens (including phenoxy) is 2. The molecular weight excluding hydrogens is 544 g/mol. The van der Waals surface area contributed by atoms with E-state index >= 15 is 0 Å². The number of rotatable bonds is 38. The van der Waals surface area contributed by atoms with Crippen molar-refractivity contribution in [2.24, 2.45) is 0 Å². The fourth-order valence-electron chi connectivity index (χ4n) is 6.15. The third-order valence-electron chi connectivity index (χ3n) is 9.18. The van der Waals surface area contributed by atoms with E-state index < -0.39 is 6.10 Å². The van der Waals surface area contributed by atoms with Crippen LogP contribution in [0.1, 0.15) is 226 Å². The maximum Gasteiger partial charge on any atom is 0.306 e. The van der Waals surface area contributed by atoms with Crippen LogP contribution in [0.3, 0.4) is 0 Å². The Morgan fingerprint density at radius 2 is 0.750 bits per heavy atom. The predicted octanol–water partition coefficient (Wildman–Crippen LogP) is 12.8. The van der Waals surface area contributed by atoms with E-state index in [1.807, 2.05) is 0 Å². The van der Waals surface area contributed by atoms with Gasteiger partial charge < -0.3 is 14.6 Å². The predicted molar refractivity (Wildman–Crippen MR) is 191 cm³/mol. The maximum atomic E-state index is 12.2. The molecule has 1 unspecified atom stereocenters. The molecule has 0 aliphatic rings. The van der Waals surface area contributed by atoms with Crippen molar-refractivity contribution < 1.29 is 19.4 Å². The summed E-state index contributed by atoms with van der Waals surface area (Å²) in [7, 11) is 0. The maximum absolute atomic E-state index is 12.2. The van der Waals surface area contributed by atoms with Gasteiger partial charge in [0.25, 0.3) is 0 Å². The molecule has 4 heteroatoms. The van der Waals surface area contributed by atoms with Crippen molar-refractivity contribution in [3.63, 3.8) is 0 Å². The lowest BCUT2D eigenvalue weighted by molar-refractivity contribution is -0.154. The highest BCUT2D eigenvalue weighted by atomic mass is 16.6. The summed E-state index contributed by atoms with van der Waals surface area (Å²) in [5.41, 5.74) is 0. The first-order valence-corrected chi connectivity index (χ1v) is 20.1. The van der Waals surface area contributed by atoms with Crippen LogP contribution >= 0.6 is 0 Å². The van der Waals surface area contributed by atoms with E-state index in [-0.39, 0.29) is 12.6 Å². The number of unbranched alkanes of at least 4 members (excludes halogenated alkanes) is 30. The molecule has 0 aromatic heterocycles. The molecule has 0 aromatic carbocycles. The molecule has 0 fully saturated rings. The topological polar surface area (TPSA) is 55.8 Å². The van der Waals surface area contributed by atoms with Crippen LogP contribution in [0.5, 0.6) is 0 Å². The summed E-state index contributed by atoms with van der Waals surface area (Å²) in [5.74, 6) is -0.194. The van der Waals surface area contributed by atoms with E-state index in [1.165, 1.54) is 186 Å². The second-order valence-corrected chi connectivity index (χ2v) is 13.7. The first-order chi connectivity index (χ1) is 21.7. The Morgan fingerprint density at radius 3 is 1.07 bits per heavy atom. The van der Waals surface area contributed by atoms with Gasteiger partial charge in [-0.15, -0.1) is 0 Å². The lowest BCUT2D eigenvalue weighted by atomic mass is 10.0. The van der Waals surface area contributed by atoms with E-state index in [1.54, 1.807) is 0 Å². The number of hydrogen-bond donors (Lipinski definition) is 1. The molecule has 0 saturated heterocycles. The zero-order valence-corrected chi connectivity index (χ0v) is 30.2. The fourth-order valence-corrected chi connectivity index (χ4v) is 6.15. The van der Waals surface area contributed by atoms with Gasteiger partial charge in [0.15, 0.2) is 0 Å². The summed E-state index contributed by atoms with van der Waals surface area (Å²) < 4.78 is 11.1. The highest BCUT2D eigenvalue weighted by molar-refractivity contribution is 5.69. The molecule has 0 bridgehead atoms. The van der Waals surface area contributed by atoms with E-state index in [4.69, 9.17) is 9.47 Å². The molecule has 0 heterocycles. The van der Waals surface area contributed by atoms with Crippen molar-refractivity contribution in [3.8, 4) is 0 Å². The second kappa shape index (κ2) is 38.6. The molecule has 264 valence electrons. The van der Waals surface area contributed by atoms with Gasteiger partial charge in [-0.1, -0.05) is 206 Å². The Kier molecular flexibility index (Phi) is 38.0. The zero-order chi connectivity index (χ0) is 32.0. The third-order valence-corrected chi connectivity index (χ3v) is 9.18. The molecule has 0 radical (unpaired) electrons. The number of aliphatic hydroxyl groups excluding tert-OH is 1. The van der Waals surface area contributed by atoms with Gasteiger partial charge in [-0.3, -0.25) is 4.79 Å².